The van der Waals surface area contributed by atoms with Crippen molar-refractivity contribution in [1.82, 2.24) is 20.9 Å². The van der Waals surface area contributed by atoms with Crippen molar-refractivity contribution in [3.05, 3.63) is 71.3 Å². The van der Waals surface area contributed by atoms with E-state index in [9.17, 15) is 24.0 Å². The van der Waals surface area contributed by atoms with E-state index in [-0.39, 0.29) is 37.4 Å². The van der Waals surface area contributed by atoms with E-state index in [1.54, 1.807) is 57.2 Å². The number of imide groups is 1. The Labute approximate surface area is 220 Å². The summed E-state index contributed by atoms with van der Waals surface area (Å²) in [6.07, 6.45) is -0.942. The Hall–Kier alpha value is -4.41. The van der Waals surface area contributed by atoms with Crippen LogP contribution in [0.15, 0.2) is 54.6 Å². The molecule has 1 heterocycles. The maximum Gasteiger partial charge on any atom is 0.408 e. The first-order chi connectivity index (χ1) is 18.0. The van der Waals surface area contributed by atoms with Crippen LogP contribution in [0.25, 0.3) is 0 Å². The topological polar surface area (TPSA) is 143 Å². The highest BCUT2D eigenvalue weighted by Crippen LogP contribution is 2.21. The van der Waals surface area contributed by atoms with Gasteiger partial charge < -0.3 is 25.4 Å². The minimum atomic E-state index is -1.05. The van der Waals surface area contributed by atoms with Gasteiger partial charge in [0, 0.05) is 6.54 Å². The number of amides is 5. The van der Waals surface area contributed by atoms with Crippen LogP contribution in [0, 0.1) is 0 Å². The second-order valence-corrected chi connectivity index (χ2v) is 9.61. The predicted octanol–water partition coefficient (Wildman–Crippen LogP) is 2.96. The molecule has 2 aromatic rings. The van der Waals surface area contributed by atoms with Gasteiger partial charge in [-0.15, -0.1) is 0 Å². The Morgan fingerprint density at radius 2 is 1.47 bits per heavy atom. The summed E-state index contributed by atoms with van der Waals surface area (Å²) in [5, 5.41) is 7.66. The molecule has 0 saturated heterocycles. The first-order valence-electron chi connectivity index (χ1n) is 12.2. The molecule has 3 N–H and O–H groups in total. The van der Waals surface area contributed by atoms with Crippen molar-refractivity contribution in [1.29, 1.82) is 0 Å². The zero-order valence-electron chi connectivity index (χ0n) is 21.6. The van der Waals surface area contributed by atoms with Crippen molar-refractivity contribution in [3.8, 4) is 0 Å². The number of rotatable bonds is 10. The summed E-state index contributed by atoms with van der Waals surface area (Å²) in [4.78, 5) is 63.3. The molecule has 1 aliphatic rings. The lowest BCUT2D eigenvalue weighted by atomic mass is 10.1. The molecule has 0 spiro atoms. The van der Waals surface area contributed by atoms with Crippen molar-refractivity contribution in [2.75, 3.05) is 13.2 Å². The zero-order valence-corrected chi connectivity index (χ0v) is 21.6. The van der Waals surface area contributed by atoms with Crippen LogP contribution >= 0.6 is 0 Å². The van der Waals surface area contributed by atoms with Gasteiger partial charge in [0.2, 0.25) is 5.91 Å². The van der Waals surface area contributed by atoms with Crippen molar-refractivity contribution in [3.63, 3.8) is 0 Å². The number of carbonyl (C=O) groups excluding carboxylic acids is 5. The van der Waals surface area contributed by atoms with Gasteiger partial charge in [0.1, 0.15) is 24.9 Å². The Bertz CT molecular complexity index is 1140. The van der Waals surface area contributed by atoms with E-state index in [1.807, 2.05) is 18.2 Å². The second-order valence-electron chi connectivity index (χ2n) is 9.61. The molecular formula is C27H32N4O7. The van der Waals surface area contributed by atoms with Gasteiger partial charge in [-0.3, -0.25) is 19.3 Å². The summed E-state index contributed by atoms with van der Waals surface area (Å²) >= 11 is 0. The van der Waals surface area contributed by atoms with Gasteiger partial charge in [0.25, 0.3) is 11.8 Å². The fraction of sp³-hybridized carbons (Fsp3) is 0.370. The lowest BCUT2D eigenvalue weighted by Gasteiger charge is -2.21. The first kappa shape index (κ1) is 28.2. The minimum Gasteiger partial charge on any atom is -0.445 e. The van der Waals surface area contributed by atoms with E-state index >= 15 is 0 Å². The molecule has 38 heavy (non-hydrogen) atoms. The Kier molecular flexibility index (Phi) is 9.42. The number of nitrogens with zero attached hydrogens (tertiary/aromatic N) is 1. The van der Waals surface area contributed by atoms with Crippen molar-refractivity contribution < 1.29 is 33.4 Å². The van der Waals surface area contributed by atoms with Crippen LogP contribution in [0.3, 0.4) is 0 Å². The molecule has 0 bridgehead atoms. The van der Waals surface area contributed by atoms with Gasteiger partial charge >= 0.3 is 12.2 Å². The van der Waals surface area contributed by atoms with E-state index in [4.69, 9.17) is 9.47 Å². The summed E-state index contributed by atoms with van der Waals surface area (Å²) in [6, 6.07) is 14.4. The third kappa shape index (κ3) is 8.05. The van der Waals surface area contributed by atoms with E-state index < -0.39 is 41.6 Å². The molecular weight excluding hydrogens is 492 g/mol. The molecule has 5 amide bonds. The summed E-state index contributed by atoms with van der Waals surface area (Å²) in [7, 11) is 0. The number of nitrogens with one attached hydrogen (secondary N) is 3. The van der Waals surface area contributed by atoms with Crippen LogP contribution in [-0.4, -0.2) is 59.7 Å². The van der Waals surface area contributed by atoms with Crippen LogP contribution in [0.4, 0.5) is 9.59 Å². The van der Waals surface area contributed by atoms with E-state index in [1.165, 1.54) is 0 Å². The van der Waals surface area contributed by atoms with Crippen LogP contribution in [0.2, 0.25) is 0 Å². The number of ether oxygens (including phenoxy) is 2. The lowest BCUT2D eigenvalue weighted by Crippen LogP contribution is -2.50. The average molecular weight is 525 g/mol. The lowest BCUT2D eigenvalue weighted by molar-refractivity contribution is -0.123. The predicted molar refractivity (Wildman–Crippen MR) is 137 cm³/mol. The minimum absolute atomic E-state index is 0.0102. The summed E-state index contributed by atoms with van der Waals surface area (Å²) in [6.45, 7) is 5.07. The second kappa shape index (κ2) is 12.7. The third-order valence-corrected chi connectivity index (χ3v) is 5.45. The molecule has 11 nitrogen and oxygen atoms in total. The number of hydrogen-bond donors (Lipinski definition) is 3. The van der Waals surface area contributed by atoms with Gasteiger partial charge in [0.15, 0.2) is 0 Å². The van der Waals surface area contributed by atoms with Gasteiger partial charge in [-0.1, -0.05) is 42.5 Å². The van der Waals surface area contributed by atoms with Crippen LogP contribution in [0.1, 0.15) is 59.9 Å². The molecule has 0 aliphatic carbocycles. The highest BCUT2D eigenvalue weighted by Gasteiger charge is 2.35. The quantitative estimate of drug-likeness (QED) is 0.320. The molecule has 1 aliphatic heterocycles. The number of hydrogen-bond acceptors (Lipinski definition) is 7. The fourth-order valence-electron chi connectivity index (χ4n) is 3.65. The SMILES string of the molecule is CC(C)(C)OC(=O)NCCCC(NC(=O)OCc1ccccc1)C(=O)NCN1C(=O)c2ccccc2C1=O. The third-order valence-electron chi connectivity index (χ3n) is 5.45. The smallest absolute Gasteiger partial charge is 0.408 e. The number of fused-ring (bicyclic) bond motifs is 1. The zero-order chi connectivity index (χ0) is 27.7. The maximum atomic E-state index is 13.0. The molecule has 2 aromatic carbocycles. The average Bonchev–Trinajstić information content (AvgIpc) is 3.12. The Morgan fingerprint density at radius 1 is 0.868 bits per heavy atom. The van der Waals surface area contributed by atoms with Gasteiger partial charge in [-0.05, 0) is 51.3 Å². The highest BCUT2D eigenvalue weighted by atomic mass is 16.6. The molecule has 0 radical (unpaired) electrons. The maximum absolute atomic E-state index is 13.0. The molecule has 1 atom stereocenters. The molecule has 202 valence electrons. The fourth-order valence-corrected chi connectivity index (χ4v) is 3.65. The number of carbonyl (C=O) groups is 5. The molecule has 0 aromatic heterocycles. The molecule has 1 unspecified atom stereocenters. The Balaban J connectivity index is 1.56. The van der Waals surface area contributed by atoms with Crippen LogP contribution in [0.5, 0.6) is 0 Å². The van der Waals surface area contributed by atoms with E-state index in [0.717, 1.165) is 10.5 Å². The molecule has 0 saturated carbocycles. The standard InChI is InChI=1S/C27H32N4O7/c1-27(2,3)38-25(35)28-15-9-14-21(30-26(36)37-16-18-10-5-4-6-11-18)22(32)29-17-31-23(33)19-12-7-8-13-20(19)24(31)34/h4-8,10-13,21H,9,14-17H2,1-3H3,(H,28,35)(H,29,32)(H,30,36). The summed E-state index contributed by atoms with van der Waals surface area (Å²) in [5.74, 6) is -1.64. The molecule has 11 heteroatoms. The van der Waals surface area contributed by atoms with Crippen molar-refractivity contribution >= 4 is 29.9 Å². The number of alkyl carbamates (subject to hydrolysis) is 2. The van der Waals surface area contributed by atoms with Crippen molar-refractivity contribution in [2.45, 2.75) is 51.9 Å². The van der Waals surface area contributed by atoms with E-state index in [2.05, 4.69) is 16.0 Å². The van der Waals surface area contributed by atoms with Gasteiger partial charge in [-0.2, -0.15) is 0 Å². The monoisotopic (exact) mass is 524 g/mol. The highest BCUT2D eigenvalue weighted by molar-refractivity contribution is 6.21. The summed E-state index contributed by atoms with van der Waals surface area (Å²) < 4.78 is 10.4. The normalized spacial score (nSPS) is 13.4. The summed E-state index contributed by atoms with van der Waals surface area (Å²) in [5.41, 5.74) is 0.648. The molecule has 0 fully saturated rings. The van der Waals surface area contributed by atoms with Crippen LogP contribution < -0.4 is 16.0 Å². The van der Waals surface area contributed by atoms with Gasteiger partial charge in [-0.25, -0.2) is 9.59 Å². The largest absolute Gasteiger partial charge is 0.445 e. The molecule has 3 rings (SSSR count). The van der Waals surface area contributed by atoms with Crippen LogP contribution in [-0.2, 0) is 20.9 Å². The van der Waals surface area contributed by atoms with Crippen molar-refractivity contribution in [2.24, 2.45) is 0 Å². The van der Waals surface area contributed by atoms with E-state index in [0.29, 0.717) is 6.42 Å². The Morgan fingerprint density at radius 3 is 2.08 bits per heavy atom. The first-order valence-corrected chi connectivity index (χ1v) is 12.2. The number of benzene rings is 2. The van der Waals surface area contributed by atoms with Gasteiger partial charge in [0.05, 0.1) is 11.1 Å².